The Balaban J connectivity index is 2.59. The van der Waals surface area contributed by atoms with Crippen molar-refractivity contribution >= 4 is 10.0 Å². The number of hydrogen-bond donors (Lipinski definition) is 2. The standard InChI is InChI=1S/C12H21N3O2S/c1-4-13-8-11(3)18(16,17)15-9-12-5-6-14-7-10(12)2/h5-7,11,13,15H,4,8-9H2,1-3H3. The molecule has 0 radical (unpaired) electrons. The van der Waals surface area contributed by atoms with Crippen molar-refractivity contribution in [3.8, 4) is 0 Å². The molecular formula is C12H21N3O2S. The van der Waals surface area contributed by atoms with E-state index in [0.29, 0.717) is 13.1 Å². The van der Waals surface area contributed by atoms with Gasteiger partial charge in [0.1, 0.15) is 0 Å². The van der Waals surface area contributed by atoms with Crippen molar-refractivity contribution in [2.45, 2.75) is 32.6 Å². The molecule has 1 unspecified atom stereocenters. The van der Waals surface area contributed by atoms with Gasteiger partial charge in [0.2, 0.25) is 10.0 Å². The molecule has 18 heavy (non-hydrogen) atoms. The lowest BCUT2D eigenvalue weighted by molar-refractivity contribution is 0.559. The molecular weight excluding hydrogens is 250 g/mol. The summed E-state index contributed by atoms with van der Waals surface area (Å²) in [5.41, 5.74) is 1.93. The van der Waals surface area contributed by atoms with E-state index in [-0.39, 0.29) is 0 Å². The summed E-state index contributed by atoms with van der Waals surface area (Å²) in [5.74, 6) is 0. The summed E-state index contributed by atoms with van der Waals surface area (Å²) < 4.78 is 26.5. The molecule has 1 rings (SSSR count). The Morgan fingerprint density at radius 3 is 2.78 bits per heavy atom. The van der Waals surface area contributed by atoms with Crippen LogP contribution in [0.15, 0.2) is 18.5 Å². The van der Waals surface area contributed by atoms with Gasteiger partial charge in [-0.3, -0.25) is 4.98 Å². The van der Waals surface area contributed by atoms with Crippen LogP contribution in [0, 0.1) is 6.92 Å². The highest BCUT2D eigenvalue weighted by Gasteiger charge is 2.19. The van der Waals surface area contributed by atoms with Gasteiger partial charge in [0.05, 0.1) is 5.25 Å². The van der Waals surface area contributed by atoms with Gasteiger partial charge in [0.15, 0.2) is 0 Å². The van der Waals surface area contributed by atoms with Gasteiger partial charge < -0.3 is 5.32 Å². The lowest BCUT2D eigenvalue weighted by Crippen LogP contribution is -2.38. The zero-order valence-corrected chi connectivity index (χ0v) is 11.9. The average molecular weight is 271 g/mol. The second-order valence-corrected chi connectivity index (χ2v) is 6.47. The second-order valence-electron chi connectivity index (χ2n) is 4.29. The summed E-state index contributed by atoms with van der Waals surface area (Å²) in [6.07, 6.45) is 3.39. The summed E-state index contributed by atoms with van der Waals surface area (Å²) in [7, 11) is -3.28. The molecule has 0 spiro atoms. The topological polar surface area (TPSA) is 71.1 Å². The molecule has 0 bridgehead atoms. The molecule has 0 aliphatic carbocycles. The van der Waals surface area contributed by atoms with Crippen molar-refractivity contribution in [3.63, 3.8) is 0 Å². The fraction of sp³-hybridized carbons (Fsp3) is 0.583. The SMILES string of the molecule is CCNCC(C)S(=O)(=O)NCc1ccncc1C. The molecule has 1 heterocycles. The van der Waals surface area contributed by atoms with Crippen LogP contribution in [-0.4, -0.2) is 31.7 Å². The smallest absolute Gasteiger partial charge is 0.215 e. The average Bonchev–Trinajstić information content (AvgIpc) is 2.35. The van der Waals surface area contributed by atoms with E-state index in [1.54, 1.807) is 19.3 Å². The number of hydrogen-bond acceptors (Lipinski definition) is 4. The Labute approximate surface area is 109 Å². The molecule has 6 heteroatoms. The highest BCUT2D eigenvalue weighted by molar-refractivity contribution is 7.90. The minimum atomic E-state index is -3.28. The first-order valence-electron chi connectivity index (χ1n) is 6.06. The largest absolute Gasteiger partial charge is 0.316 e. The number of nitrogens with zero attached hydrogens (tertiary/aromatic N) is 1. The quantitative estimate of drug-likeness (QED) is 0.770. The van der Waals surface area contributed by atoms with E-state index in [1.165, 1.54) is 0 Å². The molecule has 1 aromatic heterocycles. The number of nitrogens with one attached hydrogen (secondary N) is 2. The maximum absolute atomic E-state index is 12.0. The van der Waals surface area contributed by atoms with Crippen LogP contribution in [0.1, 0.15) is 25.0 Å². The van der Waals surface area contributed by atoms with Crippen molar-refractivity contribution in [1.82, 2.24) is 15.0 Å². The molecule has 0 aliphatic rings. The molecule has 0 amide bonds. The lowest BCUT2D eigenvalue weighted by atomic mass is 10.2. The van der Waals surface area contributed by atoms with Crippen LogP contribution in [0.5, 0.6) is 0 Å². The van der Waals surface area contributed by atoms with E-state index >= 15 is 0 Å². The Kier molecular flexibility index (Phi) is 5.71. The van der Waals surface area contributed by atoms with Gasteiger partial charge in [-0.2, -0.15) is 0 Å². The van der Waals surface area contributed by atoms with Crippen molar-refractivity contribution in [2.24, 2.45) is 0 Å². The Bertz CT molecular complexity index is 474. The van der Waals surface area contributed by atoms with Crippen LogP contribution in [0.4, 0.5) is 0 Å². The van der Waals surface area contributed by atoms with Crippen LogP contribution < -0.4 is 10.0 Å². The zero-order chi connectivity index (χ0) is 13.6. The summed E-state index contributed by atoms with van der Waals surface area (Å²) in [4.78, 5) is 3.98. The lowest BCUT2D eigenvalue weighted by Gasteiger charge is -2.14. The number of sulfonamides is 1. The third-order valence-electron chi connectivity index (χ3n) is 2.81. The van der Waals surface area contributed by atoms with Gasteiger partial charge in [-0.05, 0) is 37.6 Å². The van der Waals surface area contributed by atoms with Crippen LogP contribution in [0.25, 0.3) is 0 Å². The highest BCUT2D eigenvalue weighted by Crippen LogP contribution is 2.06. The zero-order valence-electron chi connectivity index (χ0n) is 11.1. The fourth-order valence-corrected chi connectivity index (χ4v) is 2.46. The first-order chi connectivity index (χ1) is 8.47. The molecule has 0 fully saturated rings. The second kappa shape index (κ2) is 6.82. The summed E-state index contributed by atoms with van der Waals surface area (Å²) in [6, 6.07) is 1.83. The molecule has 0 aliphatic heterocycles. The summed E-state index contributed by atoms with van der Waals surface area (Å²) in [6.45, 7) is 7.10. The molecule has 1 atom stereocenters. The van der Waals surface area contributed by atoms with Crippen molar-refractivity contribution in [2.75, 3.05) is 13.1 Å². The Morgan fingerprint density at radius 1 is 1.44 bits per heavy atom. The van der Waals surface area contributed by atoms with Crippen LogP contribution in [-0.2, 0) is 16.6 Å². The van der Waals surface area contributed by atoms with E-state index in [4.69, 9.17) is 0 Å². The molecule has 1 aromatic rings. The van der Waals surface area contributed by atoms with Crippen LogP contribution in [0.3, 0.4) is 0 Å². The van der Waals surface area contributed by atoms with E-state index in [2.05, 4.69) is 15.0 Å². The van der Waals surface area contributed by atoms with E-state index in [9.17, 15) is 8.42 Å². The maximum atomic E-state index is 12.0. The first-order valence-corrected chi connectivity index (χ1v) is 7.60. The van der Waals surface area contributed by atoms with Crippen LogP contribution in [0.2, 0.25) is 0 Å². The van der Waals surface area contributed by atoms with E-state index in [0.717, 1.165) is 17.7 Å². The third-order valence-corrected chi connectivity index (χ3v) is 4.58. The first kappa shape index (κ1) is 15.1. The highest BCUT2D eigenvalue weighted by atomic mass is 32.2. The monoisotopic (exact) mass is 271 g/mol. The molecule has 0 aromatic carbocycles. The van der Waals surface area contributed by atoms with E-state index in [1.807, 2.05) is 19.9 Å². The predicted octanol–water partition coefficient (Wildman–Crippen LogP) is 0.807. The molecule has 5 nitrogen and oxygen atoms in total. The van der Waals surface area contributed by atoms with Gasteiger partial charge in [0.25, 0.3) is 0 Å². The van der Waals surface area contributed by atoms with Crippen molar-refractivity contribution < 1.29 is 8.42 Å². The Hall–Kier alpha value is -0.980. The van der Waals surface area contributed by atoms with Crippen molar-refractivity contribution in [3.05, 3.63) is 29.6 Å². The van der Waals surface area contributed by atoms with E-state index < -0.39 is 15.3 Å². The van der Waals surface area contributed by atoms with Gasteiger partial charge >= 0.3 is 0 Å². The normalized spacial score (nSPS) is 13.5. The minimum Gasteiger partial charge on any atom is -0.316 e. The molecule has 102 valence electrons. The summed E-state index contributed by atoms with van der Waals surface area (Å²) in [5, 5.41) is 2.59. The number of aryl methyl sites for hydroxylation is 1. The summed E-state index contributed by atoms with van der Waals surface area (Å²) >= 11 is 0. The number of pyridine rings is 1. The van der Waals surface area contributed by atoms with Crippen LogP contribution >= 0.6 is 0 Å². The van der Waals surface area contributed by atoms with Gasteiger partial charge in [0, 0.05) is 25.5 Å². The molecule has 2 N–H and O–H groups in total. The Morgan fingerprint density at radius 2 is 2.17 bits per heavy atom. The number of rotatable bonds is 7. The minimum absolute atomic E-state index is 0.313. The van der Waals surface area contributed by atoms with Gasteiger partial charge in [-0.15, -0.1) is 0 Å². The number of aromatic nitrogens is 1. The van der Waals surface area contributed by atoms with Crippen molar-refractivity contribution in [1.29, 1.82) is 0 Å². The van der Waals surface area contributed by atoms with Gasteiger partial charge in [-0.1, -0.05) is 6.92 Å². The third kappa shape index (κ3) is 4.36. The molecule has 0 saturated carbocycles. The van der Waals surface area contributed by atoms with Gasteiger partial charge in [-0.25, -0.2) is 13.1 Å². The maximum Gasteiger partial charge on any atom is 0.215 e. The predicted molar refractivity (Wildman–Crippen MR) is 72.7 cm³/mol. The molecule has 0 saturated heterocycles. The fourth-order valence-electron chi connectivity index (χ4n) is 1.48.